The maximum absolute atomic E-state index is 12.1. The van der Waals surface area contributed by atoms with Crippen LogP contribution in [0.4, 0.5) is 5.13 Å². The van der Waals surface area contributed by atoms with Crippen molar-refractivity contribution in [3.63, 3.8) is 0 Å². The van der Waals surface area contributed by atoms with Gasteiger partial charge in [0.1, 0.15) is 0 Å². The van der Waals surface area contributed by atoms with Crippen molar-refractivity contribution in [2.24, 2.45) is 5.92 Å². The first-order valence-electron chi connectivity index (χ1n) is 7.85. The first-order valence-corrected chi connectivity index (χ1v) is 9.54. The molecule has 0 aliphatic heterocycles. The van der Waals surface area contributed by atoms with Gasteiger partial charge >= 0.3 is 0 Å². The summed E-state index contributed by atoms with van der Waals surface area (Å²) in [6, 6.07) is 8.69. The molecule has 0 saturated carbocycles. The van der Waals surface area contributed by atoms with Crippen molar-refractivity contribution < 1.29 is 9.59 Å². The number of hydrazine groups is 1. The Morgan fingerprint density at radius 1 is 1.12 bits per heavy atom. The Labute approximate surface area is 155 Å². The SMILES string of the molecule is CC(C)CNc1nnc(S[C@H](C)C(=O)NNC(=O)c2ccccc2)s1. The molecule has 0 aliphatic rings. The van der Waals surface area contributed by atoms with E-state index in [0.717, 1.165) is 11.7 Å². The van der Waals surface area contributed by atoms with Crippen LogP contribution in [-0.4, -0.2) is 33.8 Å². The van der Waals surface area contributed by atoms with E-state index >= 15 is 0 Å². The molecule has 1 atom stereocenters. The van der Waals surface area contributed by atoms with Crippen molar-refractivity contribution >= 4 is 40.0 Å². The Morgan fingerprint density at radius 2 is 1.84 bits per heavy atom. The lowest BCUT2D eigenvalue weighted by atomic mass is 10.2. The van der Waals surface area contributed by atoms with Crippen LogP contribution in [0.25, 0.3) is 0 Å². The minimum absolute atomic E-state index is 0.304. The Morgan fingerprint density at radius 3 is 2.52 bits per heavy atom. The lowest BCUT2D eigenvalue weighted by Crippen LogP contribution is -2.44. The molecule has 1 heterocycles. The van der Waals surface area contributed by atoms with E-state index in [1.54, 1.807) is 31.2 Å². The maximum Gasteiger partial charge on any atom is 0.269 e. The van der Waals surface area contributed by atoms with Crippen LogP contribution in [0.2, 0.25) is 0 Å². The van der Waals surface area contributed by atoms with E-state index in [0.29, 0.717) is 15.8 Å². The van der Waals surface area contributed by atoms with E-state index in [4.69, 9.17) is 0 Å². The van der Waals surface area contributed by atoms with Gasteiger partial charge in [0.2, 0.25) is 5.13 Å². The molecule has 2 amide bonds. The van der Waals surface area contributed by atoms with Gasteiger partial charge in [-0.2, -0.15) is 0 Å². The highest BCUT2D eigenvalue weighted by Crippen LogP contribution is 2.28. The molecular weight excluding hydrogens is 358 g/mol. The van der Waals surface area contributed by atoms with Gasteiger partial charge in [0.25, 0.3) is 11.8 Å². The molecule has 0 aliphatic carbocycles. The minimum Gasteiger partial charge on any atom is -0.360 e. The summed E-state index contributed by atoms with van der Waals surface area (Å²) < 4.78 is 0.697. The molecule has 0 unspecified atom stereocenters. The molecule has 2 rings (SSSR count). The van der Waals surface area contributed by atoms with Crippen LogP contribution in [0.3, 0.4) is 0 Å². The fraction of sp³-hybridized carbons (Fsp3) is 0.375. The number of rotatable bonds is 7. The van der Waals surface area contributed by atoms with Crippen molar-refractivity contribution in [1.82, 2.24) is 21.0 Å². The van der Waals surface area contributed by atoms with Crippen LogP contribution >= 0.6 is 23.1 Å². The molecule has 2 aromatic rings. The van der Waals surface area contributed by atoms with Crippen LogP contribution in [0.15, 0.2) is 34.7 Å². The summed E-state index contributed by atoms with van der Waals surface area (Å²) in [7, 11) is 0. The first kappa shape index (κ1) is 19.2. The average molecular weight is 380 g/mol. The molecular formula is C16H21N5O2S2. The largest absolute Gasteiger partial charge is 0.360 e. The number of amides is 2. The van der Waals surface area contributed by atoms with E-state index in [1.807, 2.05) is 6.07 Å². The van der Waals surface area contributed by atoms with Gasteiger partial charge in [0.05, 0.1) is 5.25 Å². The number of carbonyl (C=O) groups excluding carboxylic acids is 2. The molecule has 1 aromatic heterocycles. The first-order chi connectivity index (χ1) is 12.0. The topological polar surface area (TPSA) is 96.0 Å². The molecule has 25 heavy (non-hydrogen) atoms. The minimum atomic E-state index is -0.415. The zero-order valence-electron chi connectivity index (χ0n) is 14.3. The fourth-order valence-corrected chi connectivity index (χ4v) is 3.61. The van der Waals surface area contributed by atoms with E-state index in [2.05, 4.69) is 40.2 Å². The lowest BCUT2D eigenvalue weighted by molar-refractivity contribution is -0.121. The third kappa shape index (κ3) is 6.35. The summed E-state index contributed by atoms with van der Waals surface area (Å²) in [5, 5.41) is 11.6. The second-order valence-corrected chi connectivity index (χ2v) is 8.28. The van der Waals surface area contributed by atoms with Gasteiger partial charge in [-0.1, -0.05) is 55.1 Å². The van der Waals surface area contributed by atoms with Crippen LogP contribution in [0, 0.1) is 5.92 Å². The standard InChI is InChI=1S/C16H21N5O2S2/c1-10(2)9-17-15-20-21-16(25-15)24-11(3)13(22)18-19-14(23)12-7-5-4-6-8-12/h4-8,10-11H,9H2,1-3H3,(H,17,20)(H,18,22)(H,19,23)/t11-/m1/s1. The Bertz CT molecular complexity index is 706. The van der Waals surface area contributed by atoms with Crippen molar-refractivity contribution in [2.75, 3.05) is 11.9 Å². The van der Waals surface area contributed by atoms with Gasteiger partial charge in [-0.05, 0) is 25.0 Å². The number of hydrogen-bond donors (Lipinski definition) is 3. The summed E-state index contributed by atoms with van der Waals surface area (Å²) in [4.78, 5) is 24.0. The molecule has 0 fully saturated rings. The predicted molar refractivity (Wildman–Crippen MR) is 101 cm³/mol. The number of thioether (sulfide) groups is 1. The van der Waals surface area contributed by atoms with Crippen LogP contribution in [-0.2, 0) is 4.79 Å². The Balaban J connectivity index is 1.79. The number of nitrogens with zero attached hydrogens (tertiary/aromatic N) is 2. The van der Waals surface area contributed by atoms with Crippen molar-refractivity contribution in [2.45, 2.75) is 30.4 Å². The molecule has 0 radical (unpaired) electrons. The zero-order chi connectivity index (χ0) is 18.2. The molecule has 3 N–H and O–H groups in total. The predicted octanol–water partition coefficient (Wildman–Crippen LogP) is 2.55. The molecule has 1 aromatic carbocycles. The summed E-state index contributed by atoms with van der Waals surface area (Å²) in [6.45, 7) is 6.79. The molecule has 0 spiro atoms. The van der Waals surface area contributed by atoms with Crippen molar-refractivity contribution in [1.29, 1.82) is 0 Å². The summed E-state index contributed by atoms with van der Waals surface area (Å²) >= 11 is 2.70. The van der Waals surface area contributed by atoms with Gasteiger partial charge in [-0.25, -0.2) is 0 Å². The Hall–Kier alpha value is -2.13. The van der Waals surface area contributed by atoms with Gasteiger partial charge in [-0.3, -0.25) is 20.4 Å². The highest BCUT2D eigenvalue weighted by molar-refractivity contribution is 8.02. The second kappa shape index (κ2) is 9.38. The fourth-order valence-electron chi connectivity index (χ4n) is 1.71. The summed E-state index contributed by atoms with van der Waals surface area (Å²) in [6.07, 6.45) is 0. The Kier molecular flexibility index (Phi) is 7.20. The lowest BCUT2D eigenvalue weighted by Gasteiger charge is -2.11. The number of hydrogen-bond acceptors (Lipinski definition) is 7. The van der Waals surface area contributed by atoms with E-state index in [-0.39, 0.29) is 11.8 Å². The number of carbonyl (C=O) groups is 2. The van der Waals surface area contributed by atoms with Crippen LogP contribution in [0.1, 0.15) is 31.1 Å². The quantitative estimate of drug-likeness (QED) is 0.505. The smallest absolute Gasteiger partial charge is 0.269 e. The highest BCUT2D eigenvalue weighted by atomic mass is 32.2. The third-order valence-electron chi connectivity index (χ3n) is 3.05. The third-order valence-corrected chi connectivity index (χ3v) is 5.12. The summed E-state index contributed by atoms with van der Waals surface area (Å²) in [5.74, 6) is -0.152. The van der Waals surface area contributed by atoms with Crippen LogP contribution < -0.4 is 16.2 Å². The monoisotopic (exact) mass is 379 g/mol. The average Bonchev–Trinajstić information content (AvgIpc) is 3.05. The number of nitrogens with one attached hydrogen (secondary N) is 3. The summed E-state index contributed by atoms with van der Waals surface area (Å²) in [5.41, 5.74) is 5.32. The number of anilines is 1. The van der Waals surface area contributed by atoms with E-state index < -0.39 is 5.25 Å². The van der Waals surface area contributed by atoms with E-state index in [9.17, 15) is 9.59 Å². The number of aromatic nitrogens is 2. The zero-order valence-corrected chi connectivity index (χ0v) is 15.9. The van der Waals surface area contributed by atoms with Gasteiger partial charge in [0.15, 0.2) is 4.34 Å². The van der Waals surface area contributed by atoms with Crippen molar-refractivity contribution in [3.05, 3.63) is 35.9 Å². The number of benzene rings is 1. The van der Waals surface area contributed by atoms with Gasteiger partial charge in [0, 0.05) is 12.1 Å². The second-order valence-electron chi connectivity index (χ2n) is 5.72. The van der Waals surface area contributed by atoms with Crippen LogP contribution in [0.5, 0.6) is 0 Å². The molecule has 134 valence electrons. The van der Waals surface area contributed by atoms with Crippen molar-refractivity contribution in [3.8, 4) is 0 Å². The van der Waals surface area contributed by atoms with E-state index in [1.165, 1.54) is 23.1 Å². The molecule has 9 heteroatoms. The normalized spacial score (nSPS) is 11.8. The van der Waals surface area contributed by atoms with Gasteiger partial charge < -0.3 is 5.32 Å². The molecule has 7 nitrogen and oxygen atoms in total. The molecule has 0 saturated heterocycles. The molecule has 0 bridgehead atoms. The highest BCUT2D eigenvalue weighted by Gasteiger charge is 2.18. The maximum atomic E-state index is 12.1. The van der Waals surface area contributed by atoms with Gasteiger partial charge in [-0.15, -0.1) is 10.2 Å².